The lowest BCUT2D eigenvalue weighted by molar-refractivity contribution is 0.0883. The summed E-state index contributed by atoms with van der Waals surface area (Å²) in [6, 6.07) is 16.8. The number of benzene rings is 2. The van der Waals surface area contributed by atoms with Crippen molar-refractivity contribution in [3.63, 3.8) is 0 Å². The van der Waals surface area contributed by atoms with Gasteiger partial charge in [0, 0.05) is 5.56 Å². The first-order valence-electron chi connectivity index (χ1n) is 9.92. The average Bonchev–Trinajstić information content (AvgIpc) is 3.04. The van der Waals surface area contributed by atoms with Crippen LogP contribution in [0.5, 0.6) is 0 Å². The smallest absolute Gasteiger partial charge is 0.173 e. The Morgan fingerprint density at radius 2 is 1.48 bits per heavy atom. The van der Waals surface area contributed by atoms with E-state index >= 15 is 0 Å². The van der Waals surface area contributed by atoms with E-state index < -0.39 is 0 Å². The average molecular weight is 337 g/mol. The van der Waals surface area contributed by atoms with Gasteiger partial charge in [0.05, 0.1) is 5.41 Å². The normalized spacial score (nSPS) is 23.4. The molecule has 2 aliphatic rings. The molecule has 1 heteroatoms. The molecule has 1 nitrogen and oxygen atoms in total. The number of carbonyl (C=O) groups excluding carboxylic acids is 1. The molecule has 134 valence electrons. The van der Waals surface area contributed by atoms with Crippen LogP contribution in [0.4, 0.5) is 0 Å². The molecule has 0 saturated heterocycles. The van der Waals surface area contributed by atoms with Gasteiger partial charge in [0.2, 0.25) is 0 Å². The van der Waals surface area contributed by atoms with Gasteiger partial charge in [-0.15, -0.1) is 0 Å². The first-order valence-corrected chi connectivity index (χ1v) is 9.92. The van der Waals surface area contributed by atoms with Crippen molar-refractivity contribution in [2.24, 2.45) is 5.92 Å². The molecular formula is C24H32O. The number of ketones is 1. The minimum atomic E-state index is -0.275. The molecule has 0 amide bonds. The van der Waals surface area contributed by atoms with Crippen LogP contribution in [0.3, 0.4) is 0 Å². The zero-order chi connectivity index (χ0) is 18.4. The van der Waals surface area contributed by atoms with E-state index in [1.807, 2.05) is 45.9 Å². The fourth-order valence-electron chi connectivity index (χ4n) is 4.37. The molecule has 2 unspecified atom stereocenters. The Morgan fingerprint density at radius 1 is 0.880 bits per heavy atom. The second-order valence-corrected chi connectivity index (χ2v) is 6.75. The number of fused-ring (bicyclic) bond motifs is 3. The summed E-state index contributed by atoms with van der Waals surface area (Å²) < 4.78 is 0. The lowest BCUT2D eigenvalue weighted by Gasteiger charge is -2.29. The molecule has 2 atom stereocenters. The summed E-state index contributed by atoms with van der Waals surface area (Å²) in [5.41, 5.74) is 4.48. The number of rotatable bonds is 0. The molecular weight excluding hydrogens is 304 g/mol. The zero-order valence-electron chi connectivity index (χ0n) is 16.4. The lowest BCUT2D eigenvalue weighted by atomic mass is 9.72. The Hall–Kier alpha value is -1.89. The maximum Gasteiger partial charge on any atom is 0.173 e. The summed E-state index contributed by atoms with van der Waals surface area (Å²) >= 11 is 0. The summed E-state index contributed by atoms with van der Waals surface area (Å²) in [5.74, 6) is 0.986. The van der Waals surface area contributed by atoms with Gasteiger partial charge in [-0.1, -0.05) is 83.1 Å². The second-order valence-electron chi connectivity index (χ2n) is 6.75. The van der Waals surface area contributed by atoms with Gasteiger partial charge in [-0.05, 0) is 48.3 Å². The molecule has 0 bridgehead atoms. The van der Waals surface area contributed by atoms with Crippen LogP contribution in [-0.4, -0.2) is 5.78 Å². The molecule has 2 aromatic rings. The number of Topliss-reactive ketones (excluding diaryl/α,β-unsaturated/α-hetero) is 1. The van der Waals surface area contributed by atoms with Crippen molar-refractivity contribution < 1.29 is 4.79 Å². The van der Waals surface area contributed by atoms with Crippen molar-refractivity contribution in [2.45, 2.75) is 65.7 Å². The van der Waals surface area contributed by atoms with Gasteiger partial charge in [0.15, 0.2) is 5.78 Å². The summed E-state index contributed by atoms with van der Waals surface area (Å²) in [7, 11) is 0. The Morgan fingerprint density at radius 3 is 2.12 bits per heavy atom. The third-order valence-electron chi connectivity index (χ3n) is 5.37. The maximum atomic E-state index is 13.4. The van der Waals surface area contributed by atoms with E-state index in [1.165, 1.54) is 16.7 Å². The molecule has 2 aromatic carbocycles. The quantitative estimate of drug-likeness (QED) is 0.531. The van der Waals surface area contributed by atoms with Gasteiger partial charge < -0.3 is 0 Å². The van der Waals surface area contributed by atoms with Crippen LogP contribution in [0.25, 0.3) is 0 Å². The predicted octanol–water partition coefficient (Wildman–Crippen LogP) is 6.58. The fraction of sp³-hybridized carbons (Fsp3) is 0.458. The van der Waals surface area contributed by atoms with Crippen molar-refractivity contribution in [2.75, 3.05) is 0 Å². The molecule has 0 aliphatic heterocycles. The monoisotopic (exact) mass is 336 g/mol. The summed E-state index contributed by atoms with van der Waals surface area (Å²) in [4.78, 5) is 13.4. The van der Waals surface area contributed by atoms with Crippen molar-refractivity contribution in [3.8, 4) is 0 Å². The maximum absolute atomic E-state index is 13.4. The van der Waals surface area contributed by atoms with Crippen LogP contribution < -0.4 is 0 Å². The van der Waals surface area contributed by atoms with Crippen LogP contribution in [0.2, 0.25) is 0 Å². The van der Waals surface area contributed by atoms with E-state index in [0.29, 0.717) is 11.7 Å². The molecule has 0 radical (unpaired) electrons. The third kappa shape index (κ3) is 3.42. The number of hydrogen-bond donors (Lipinski definition) is 0. The van der Waals surface area contributed by atoms with E-state index in [0.717, 1.165) is 31.2 Å². The summed E-state index contributed by atoms with van der Waals surface area (Å²) in [6.07, 6.45) is 4.03. The highest BCUT2D eigenvalue weighted by atomic mass is 16.1. The number of hydrogen-bond acceptors (Lipinski definition) is 1. The molecule has 0 heterocycles. The molecule has 0 aromatic heterocycles. The Kier molecular flexibility index (Phi) is 6.58. The van der Waals surface area contributed by atoms with Crippen LogP contribution >= 0.6 is 0 Å². The van der Waals surface area contributed by atoms with Crippen LogP contribution in [-0.2, 0) is 11.8 Å². The highest BCUT2D eigenvalue weighted by molar-refractivity contribution is 6.06. The zero-order valence-corrected chi connectivity index (χ0v) is 16.4. The minimum absolute atomic E-state index is 0.275. The second kappa shape index (κ2) is 8.47. The largest absolute Gasteiger partial charge is 0.293 e. The van der Waals surface area contributed by atoms with Gasteiger partial charge in [0.25, 0.3) is 0 Å². The van der Waals surface area contributed by atoms with Crippen LogP contribution in [0, 0.1) is 5.92 Å². The van der Waals surface area contributed by atoms with E-state index in [4.69, 9.17) is 0 Å². The van der Waals surface area contributed by atoms with Crippen molar-refractivity contribution in [1.29, 1.82) is 0 Å². The molecule has 4 rings (SSSR count). The molecule has 1 saturated carbocycles. The molecule has 1 fully saturated rings. The predicted molar refractivity (Wildman–Crippen MR) is 107 cm³/mol. The SMILES string of the molecule is CC.CC.CC1CCC2(C1)C(=O)c1ccccc1Cc1ccccc12. The van der Waals surface area contributed by atoms with Gasteiger partial charge in [-0.2, -0.15) is 0 Å². The first kappa shape index (κ1) is 19.4. The topological polar surface area (TPSA) is 17.1 Å². The molecule has 0 N–H and O–H groups in total. The Labute approximate surface area is 153 Å². The standard InChI is InChI=1S/C20H20O.2C2H6/c1-14-10-11-20(13-14)18-9-5-3-7-16(18)12-15-6-2-4-8-17(15)19(20)21;2*1-2/h2-9,14H,10-13H2,1H3;2*1-2H3. The minimum Gasteiger partial charge on any atom is -0.293 e. The van der Waals surface area contributed by atoms with Gasteiger partial charge in [0.1, 0.15) is 0 Å². The van der Waals surface area contributed by atoms with E-state index in [-0.39, 0.29) is 5.41 Å². The van der Waals surface area contributed by atoms with Gasteiger partial charge in [-0.3, -0.25) is 4.79 Å². The van der Waals surface area contributed by atoms with Crippen LogP contribution in [0.15, 0.2) is 48.5 Å². The van der Waals surface area contributed by atoms with Crippen molar-refractivity contribution >= 4 is 5.78 Å². The van der Waals surface area contributed by atoms with Gasteiger partial charge in [-0.25, -0.2) is 0 Å². The summed E-state index contributed by atoms with van der Waals surface area (Å²) in [5, 5.41) is 0. The lowest BCUT2D eigenvalue weighted by Crippen LogP contribution is -2.33. The highest BCUT2D eigenvalue weighted by Crippen LogP contribution is 2.49. The van der Waals surface area contributed by atoms with Gasteiger partial charge >= 0.3 is 0 Å². The summed E-state index contributed by atoms with van der Waals surface area (Å²) in [6.45, 7) is 10.3. The molecule has 1 spiro atoms. The molecule has 25 heavy (non-hydrogen) atoms. The first-order chi connectivity index (χ1) is 12.2. The highest BCUT2D eigenvalue weighted by Gasteiger charge is 2.48. The van der Waals surface area contributed by atoms with E-state index in [1.54, 1.807) is 0 Å². The Bertz CT molecular complexity index is 716. The molecule has 2 aliphatic carbocycles. The van der Waals surface area contributed by atoms with E-state index in [2.05, 4.69) is 37.3 Å². The van der Waals surface area contributed by atoms with Crippen molar-refractivity contribution in [1.82, 2.24) is 0 Å². The fourth-order valence-corrected chi connectivity index (χ4v) is 4.37. The van der Waals surface area contributed by atoms with Crippen LogP contribution in [0.1, 0.15) is 80.9 Å². The number of carbonyl (C=O) groups is 1. The van der Waals surface area contributed by atoms with E-state index in [9.17, 15) is 4.79 Å². The Balaban J connectivity index is 0.000000528. The van der Waals surface area contributed by atoms with Crippen molar-refractivity contribution in [3.05, 3.63) is 70.8 Å². The third-order valence-corrected chi connectivity index (χ3v) is 5.37.